The number of rotatable bonds is 3. The van der Waals surface area contributed by atoms with Crippen LogP contribution in [0.15, 0.2) is 4.47 Å². The van der Waals surface area contributed by atoms with Crippen molar-refractivity contribution in [3.05, 3.63) is 16.0 Å². The normalized spacial score (nSPS) is 18.0. The van der Waals surface area contributed by atoms with E-state index < -0.39 is 0 Å². The largest absolute Gasteiger partial charge is 0.383 e. The zero-order valence-electron chi connectivity index (χ0n) is 11.5. The molecule has 19 heavy (non-hydrogen) atoms. The van der Waals surface area contributed by atoms with Gasteiger partial charge < -0.3 is 10.5 Å². The number of hydrogen-bond donors (Lipinski definition) is 1. The monoisotopic (exact) mass is 327 g/mol. The van der Waals surface area contributed by atoms with Crippen LogP contribution in [-0.4, -0.2) is 17.1 Å². The molecule has 0 spiro atoms. The van der Waals surface area contributed by atoms with Gasteiger partial charge >= 0.3 is 0 Å². The minimum absolute atomic E-state index is 0.450. The highest BCUT2D eigenvalue weighted by Gasteiger charge is 2.19. The summed E-state index contributed by atoms with van der Waals surface area (Å²) in [7, 11) is 1.67. The van der Waals surface area contributed by atoms with E-state index in [2.05, 4.69) is 25.9 Å². The Morgan fingerprint density at radius 2 is 1.79 bits per heavy atom. The third-order valence-electron chi connectivity index (χ3n) is 3.71. The zero-order chi connectivity index (χ0) is 13.7. The molecule has 4 nitrogen and oxygen atoms in total. The van der Waals surface area contributed by atoms with Crippen LogP contribution in [0.1, 0.15) is 62.4 Å². The molecule has 0 radical (unpaired) electrons. The van der Waals surface area contributed by atoms with Gasteiger partial charge in [0.1, 0.15) is 11.6 Å². The first-order chi connectivity index (χ1) is 9.22. The molecule has 1 aliphatic rings. The van der Waals surface area contributed by atoms with Gasteiger partial charge in [0.2, 0.25) is 0 Å². The van der Waals surface area contributed by atoms with Crippen molar-refractivity contribution in [3.63, 3.8) is 0 Å². The minimum Gasteiger partial charge on any atom is -0.383 e. The number of halogens is 1. The molecule has 0 aliphatic heterocycles. The van der Waals surface area contributed by atoms with Gasteiger partial charge in [-0.15, -0.1) is 0 Å². The van der Waals surface area contributed by atoms with E-state index in [-0.39, 0.29) is 0 Å². The third kappa shape index (κ3) is 3.89. The predicted molar refractivity (Wildman–Crippen MR) is 79.9 cm³/mol. The van der Waals surface area contributed by atoms with E-state index in [1.807, 2.05) is 0 Å². The van der Waals surface area contributed by atoms with Crippen LogP contribution in [0, 0.1) is 0 Å². The third-order valence-corrected chi connectivity index (χ3v) is 4.58. The van der Waals surface area contributed by atoms with Gasteiger partial charge in [-0.25, -0.2) is 9.97 Å². The molecule has 1 aromatic rings. The summed E-state index contributed by atoms with van der Waals surface area (Å²) in [5, 5.41) is 0. The average Bonchev–Trinajstić information content (AvgIpc) is 2.34. The Hall–Kier alpha value is -0.680. The number of hydrogen-bond acceptors (Lipinski definition) is 4. The van der Waals surface area contributed by atoms with Crippen LogP contribution in [0.4, 0.5) is 5.82 Å². The fourth-order valence-electron chi connectivity index (χ4n) is 2.66. The van der Waals surface area contributed by atoms with Gasteiger partial charge in [-0.3, -0.25) is 0 Å². The van der Waals surface area contributed by atoms with E-state index in [0.717, 1.165) is 16.0 Å². The topological polar surface area (TPSA) is 61.0 Å². The van der Waals surface area contributed by atoms with E-state index in [0.29, 0.717) is 18.3 Å². The SMILES string of the molecule is COCc1nc(C2CCCCCCC2)nc(N)c1Br. The van der Waals surface area contributed by atoms with E-state index in [4.69, 9.17) is 10.5 Å². The molecule has 106 valence electrons. The highest BCUT2D eigenvalue weighted by Crippen LogP contribution is 2.31. The molecule has 2 N–H and O–H groups in total. The number of methoxy groups -OCH3 is 1. The Labute approximate surface area is 123 Å². The summed E-state index contributed by atoms with van der Waals surface area (Å²) < 4.78 is 5.94. The van der Waals surface area contributed by atoms with Crippen LogP contribution >= 0.6 is 15.9 Å². The van der Waals surface area contributed by atoms with E-state index in [9.17, 15) is 0 Å². The standard InChI is InChI=1S/C14H22BrN3O/c1-19-9-11-12(15)13(16)18-14(17-11)10-7-5-3-2-4-6-8-10/h10H,2-9H2,1H3,(H2,16,17,18). The number of nitrogens with two attached hydrogens (primary N) is 1. The maximum Gasteiger partial charge on any atom is 0.141 e. The Morgan fingerprint density at radius 3 is 2.42 bits per heavy atom. The Bertz CT molecular complexity index is 417. The first-order valence-electron chi connectivity index (χ1n) is 7.03. The Balaban J connectivity index is 2.22. The van der Waals surface area contributed by atoms with Crippen LogP contribution in [0.3, 0.4) is 0 Å². The minimum atomic E-state index is 0.450. The number of ether oxygens (including phenoxy) is 1. The van der Waals surface area contributed by atoms with Crippen molar-refractivity contribution < 1.29 is 4.74 Å². The molecule has 0 atom stereocenters. The first-order valence-corrected chi connectivity index (χ1v) is 7.82. The van der Waals surface area contributed by atoms with Gasteiger partial charge in [-0.05, 0) is 28.8 Å². The van der Waals surface area contributed by atoms with E-state index in [1.165, 1.54) is 44.9 Å². The molecule has 1 saturated carbocycles. The Kier molecular flexibility index (Phi) is 5.58. The average molecular weight is 328 g/mol. The highest BCUT2D eigenvalue weighted by molar-refractivity contribution is 9.10. The summed E-state index contributed by atoms with van der Waals surface area (Å²) in [4.78, 5) is 9.13. The van der Waals surface area contributed by atoms with Crippen LogP contribution in [-0.2, 0) is 11.3 Å². The summed E-state index contributed by atoms with van der Waals surface area (Å²) in [6.45, 7) is 0.465. The molecule has 0 bridgehead atoms. The molecule has 0 saturated heterocycles. The molecule has 1 aromatic heterocycles. The fraction of sp³-hybridized carbons (Fsp3) is 0.714. The molecule has 0 unspecified atom stereocenters. The van der Waals surface area contributed by atoms with Crippen LogP contribution < -0.4 is 5.73 Å². The predicted octanol–water partition coefficient (Wildman–Crippen LogP) is 3.80. The van der Waals surface area contributed by atoms with Crippen molar-refractivity contribution in [1.29, 1.82) is 0 Å². The van der Waals surface area contributed by atoms with Crippen molar-refractivity contribution in [2.75, 3.05) is 12.8 Å². The van der Waals surface area contributed by atoms with Crippen molar-refractivity contribution in [2.45, 2.75) is 57.5 Å². The molecule has 1 aliphatic carbocycles. The van der Waals surface area contributed by atoms with Gasteiger partial charge in [0.25, 0.3) is 0 Å². The molecule has 0 amide bonds. The summed E-state index contributed by atoms with van der Waals surface area (Å²) in [6, 6.07) is 0. The second-order valence-electron chi connectivity index (χ2n) is 5.20. The maximum atomic E-state index is 5.97. The Morgan fingerprint density at radius 1 is 1.16 bits per heavy atom. The fourth-order valence-corrected chi connectivity index (χ4v) is 2.95. The number of anilines is 1. The van der Waals surface area contributed by atoms with Crippen molar-refractivity contribution >= 4 is 21.7 Å². The lowest BCUT2D eigenvalue weighted by molar-refractivity contribution is 0.180. The highest BCUT2D eigenvalue weighted by atomic mass is 79.9. The molecule has 1 heterocycles. The quantitative estimate of drug-likeness (QED) is 0.917. The maximum absolute atomic E-state index is 5.97. The zero-order valence-corrected chi connectivity index (χ0v) is 13.1. The van der Waals surface area contributed by atoms with Crippen molar-refractivity contribution in [3.8, 4) is 0 Å². The first kappa shape index (κ1) is 14.7. The van der Waals surface area contributed by atoms with Gasteiger partial charge in [0.05, 0.1) is 16.8 Å². The summed E-state index contributed by atoms with van der Waals surface area (Å²) in [5.74, 6) is 1.88. The second-order valence-corrected chi connectivity index (χ2v) is 6.00. The number of nitrogen functional groups attached to an aromatic ring is 1. The molecule has 5 heteroatoms. The molecular weight excluding hydrogens is 306 g/mol. The number of aromatic nitrogens is 2. The lowest BCUT2D eigenvalue weighted by atomic mass is 9.90. The molecule has 0 aromatic carbocycles. The lowest BCUT2D eigenvalue weighted by Gasteiger charge is -2.19. The molecular formula is C14H22BrN3O. The molecule has 1 fully saturated rings. The number of nitrogens with zero attached hydrogens (tertiary/aromatic N) is 2. The van der Waals surface area contributed by atoms with E-state index in [1.54, 1.807) is 7.11 Å². The second kappa shape index (κ2) is 7.20. The van der Waals surface area contributed by atoms with Gasteiger partial charge in [-0.1, -0.05) is 32.1 Å². The van der Waals surface area contributed by atoms with Crippen molar-refractivity contribution in [2.24, 2.45) is 0 Å². The van der Waals surface area contributed by atoms with Gasteiger partial charge in [-0.2, -0.15) is 0 Å². The van der Waals surface area contributed by atoms with Gasteiger partial charge in [0.15, 0.2) is 0 Å². The summed E-state index contributed by atoms with van der Waals surface area (Å²) >= 11 is 3.44. The van der Waals surface area contributed by atoms with Crippen LogP contribution in [0.2, 0.25) is 0 Å². The van der Waals surface area contributed by atoms with Crippen LogP contribution in [0.5, 0.6) is 0 Å². The molecule has 2 rings (SSSR count). The summed E-state index contributed by atoms with van der Waals surface area (Å²) in [5.41, 5.74) is 6.83. The lowest BCUT2D eigenvalue weighted by Crippen LogP contribution is -2.12. The van der Waals surface area contributed by atoms with Crippen molar-refractivity contribution in [1.82, 2.24) is 9.97 Å². The van der Waals surface area contributed by atoms with E-state index >= 15 is 0 Å². The van der Waals surface area contributed by atoms with Gasteiger partial charge in [0, 0.05) is 13.0 Å². The van der Waals surface area contributed by atoms with Crippen LogP contribution in [0.25, 0.3) is 0 Å². The smallest absolute Gasteiger partial charge is 0.141 e. The summed E-state index contributed by atoms with van der Waals surface area (Å²) in [6.07, 6.45) is 8.90.